The van der Waals surface area contributed by atoms with E-state index in [0.717, 1.165) is 0 Å². The van der Waals surface area contributed by atoms with Gasteiger partial charge in [0.05, 0.1) is 18.0 Å². The first-order valence-corrected chi connectivity index (χ1v) is 7.35. The number of hydrogen-bond acceptors (Lipinski definition) is 5. The molecule has 0 aliphatic carbocycles. The molecule has 7 nitrogen and oxygen atoms in total. The molecule has 8 heteroatoms. The standard InChI is InChI=1S/C14H14N4O3S/c1-2-5-15-12(20)6-10-8-22-14(17-10)18-13(21)9-3-4-11(19)16-7-9/h2-4,7-9H,1,5-6H2,(H,15,20)(H,17,18,21). The van der Waals surface area contributed by atoms with Crippen molar-refractivity contribution >= 4 is 40.4 Å². The summed E-state index contributed by atoms with van der Waals surface area (Å²) in [7, 11) is 0. The lowest BCUT2D eigenvalue weighted by Crippen LogP contribution is -2.25. The summed E-state index contributed by atoms with van der Waals surface area (Å²) in [4.78, 5) is 42.1. The Bertz CT molecular complexity index is 647. The van der Waals surface area contributed by atoms with Crippen molar-refractivity contribution in [2.75, 3.05) is 11.9 Å². The highest BCUT2D eigenvalue weighted by atomic mass is 32.1. The van der Waals surface area contributed by atoms with Crippen molar-refractivity contribution in [1.82, 2.24) is 10.3 Å². The SMILES string of the molecule is C=CCNC(=O)Cc1csc(NC(=O)C2C=CC(=O)N=C2)n1. The lowest BCUT2D eigenvalue weighted by atomic mass is 10.1. The molecule has 1 aromatic heterocycles. The molecule has 0 aromatic carbocycles. The Labute approximate surface area is 130 Å². The van der Waals surface area contributed by atoms with Crippen LogP contribution < -0.4 is 10.6 Å². The normalized spacial score (nSPS) is 16.4. The van der Waals surface area contributed by atoms with E-state index in [1.807, 2.05) is 0 Å². The maximum Gasteiger partial charge on any atom is 0.269 e. The number of anilines is 1. The molecule has 0 spiro atoms. The molecule has 0 radical (unpaired) electrons. The van der Waals surface area contributed by atoms with Crippen molar-refractivity contribution in [2.24, 2.45) is 10.9 Å². The van der Waals surface area contributed by atoms with Crippen LogP contribution in [0.1, 0.15) is 5.69 Å². The minimum atomic E-state index is -0.596. The van der Waals surface area contributed by atoms with Crippen molar-refractivity contribution < 1.29 is 14.4 Å². The van der Waals surface area contributed by atoms with E-state index in [4.69, 9.17) is 0 Å². The molecule has 22 heavy (non-hydrogen) atoms. The molecule has 2 rings (SSSR count). The van der Waals surface area contributed by atoms with Crippen molar-refractivity contribution in [1.29, 1.82) is 0 Å². The minimum absolute atomic E-state index is 0.138. The monoisotopic (exact) mass is 318 g/mol. The van der Waals surface area contributed by atoms with Crippen LogP contribution in [-0.4, -0.2) is 35.5 Å². The third-order valence-electron chi connectivity index (χ3n) is 2.68. The molecular formula is C14H14N4O3S. The van der Waals surface area contributed by atoms with Crippen LogP contribution in [0.4, 0.5) is 5.13 Å². The summed E-state index contributed by atoms with van der Waals surface area (Å²) in [5, 5.41) is 7.38. The number of dihydropyridines is 1. The number of hydrogen-bond donors (Lipinski definition) is 2. The predicted octanol–water partition coefficient (Wildman–Crippen LogP) is 0.710. The van der Waals surface area contributed by atoms with Crippen molar-refractivity contribution in [3.05, 3.63) is 35.9 Å². The number of aliphatic imine (C=N–C) groups is 1. The van der Waals surface area contributed by atoms with Crippen LogP contribution >= 0.6 is 11.3 Å². The largest absolute Gasteiger partial charge is 0.352 e. The minimum Gasteiger partial charge on any atom is -0.352 e. The van der Waals surface area contributed by atoms with Gasteiger partial charge in [-0.15, -0.1) is 17.9 Å². The first-order chi connectivity index (χ1) is 10.6. The molecule has 1 unspecified atom stereocenters. The second-order valence-electron chi connectivity index (χ2n) is 4.40. The topological polar surface area (TPSA) is 101 Å². The second-order valence-corrected chi connectivity index (χ2v) is 5.26. The number of nitrogens with zero attached hydrogens (tertiary/aromatic N) is 2. The first-order valence-electron chi connectivity index (χ1n) is 6.47. The number of nitrogens with one attached hydrogen (secondary N) is 2. The fourth-order valence-electron chi connectivity index (χ4n) is 1.63. The Balaban J connectivity index is 1.89. The summed E-state index contributed by atoms with van der Waals surface area (Å²) >= 11 is 1.23. The molecule has 1 aliphatic heterocycles. The van der Waals surface area contributed by atoms with Gasteiger partial charge in [0.2, 0.25) is 11.8 Å². The molecule has 1 aliphatic rings. The van der Waals surface area contributed by atoms with E-state index in [2.05, 4.69) is 27.2 Å². The Morgan fingerprint density at radius 2 is 2.27 bits per heavy atom. The lowest BCUT2D eigenvalue weighted by molar-refractivity contribution is -0.120. The fourth-order valence-corrected chi connectivity index (χ4v) is 2.35. The zero-order valence-corrected chi connectivity index (χ0v) is 12.4. The van der Waals surface area contributed by atoms with Gasteiger partial charge < -0.3 is 10.6 Å². The smallest absolute Gasteiger partial charge is 0.269 e. The van der Waals surface area contributed by atoms with E-state index >= 15 is 0 Å². The summed E-state index contributed by atoms with van der Waals surface area (Å²) in [5.41, 5.74) is 0.574. The van der Waals surface area contributed by atoms with E-state index in [0.29, 0.717) is 17.4 Å². The maximum atomic E-state index is 12.0. The summed E-state index contributed by atoms with van der Waals surface area (Å²) in [6.07, 6.45) is 5.74. The van der Waals surface area contributed by atoms with Crippen molar-refractivity contribution in [2.45, 2.75) is 6.42 Å². The number of rotatable bonds is 6. The van der Waals surface area contributed by atoms with Gasteiger partial charge in [0.15, 0.2) is 5.13 Å². The van der Waals surface area contributed by atoms with Gasteiger partial charge in [-0.25, -0.2) is 9.98 Å². The highest BCUT2D eigenvalue weighted by Crippen LogP contribution is 2.17. The van der Waals surface area contributed by atoms with Crippen LogP contribution in [0, 0.1) is 5.92 Å². The molecule has 2 N–H and O–H groups in total. The maximum absolute atomic E-state index is 12.0. The number of aromatic nitrogens is 1. The van der Waals surface area contributed by atoms with E-state index in [-0.39, 0.29) is 24.1 Å². The predicted molar refractivity (Wildman–Crippen MR) is 83.8 cm³/mol. The molecule has 0 saturated heterocycles. The molecule has 0 bridgehead atoms. The lowest BCUT2D eigenvalue weighted by Gasteiger charge is -2.08. The Kier molecular flexibility index (Phi) is 5.31. The highest BCUT2D eigenvalue weighted by Gasteiger charge is 2.18. The Hall–Kier alpha value is -2.61. The molecule has 1 aromatic rings. The zero-order valence-electron chi connectivity index (χ0n) is 11.6. The first kappa shape index (κ1) is 15.8. The molecule has 0 saturated carbocycles. The zero-order chi connectivity index (χ0) is 15.9. The number of amides is 3. The van der Waals surface area contributed by atoms with Gasteiger partial charge in [-0.05, 0) is 0 Å². The van der Waals surface area contributed by atoms with Crippen LogP contribution in [0.2, 0.25) is 0 Å². The average Bonchev–Trinajstić information content (AvgIpc) is 2.92. The van der Waals surface area contributed by atoms with Crippen LogP contribution in [-0.2, 0) is 20.8 Å². The van der Waals surface area contributed by atoms with Gasteiger partial charge in [-0.1, -0.05) is 12.2 Å². The average molecular weight is 318 g/mol. The van der Waals surface area contributed by atoms with Gasteiger partial charge >= 0.3 is 0 Å². The fraction of sp³-hybridized carbons (Fsp3) is 0.214. The molecule has 0 fully saturated rings. The van der Waals surface area contributed by atoms with Crippen LogP contribution in [0.5, 0.6) is 0 Å². The third-order valence-corrected chi connectivity index (χ3v) is 3.48. The van der Waals surface area contributed by atoms with Gasteiger partial charge in [0.1, 0.15) is 0 Å². The van der Waals surface area contributed by atoms with Crippen LogP contribution in [0.25, 0.3) is 0 Å². The molecule has 114 valence electrons. The van der Waals surface area contributed by atoms with Crippen LogP contribution in [0.3, 0.4) is 0 Å². The second kappa shape index (κ2) is 7.41. The number of carbonyl (C=O) groups excluding carboxylic acids is 3. The van der Waals surface area contributed by atoms with Crippen molar-refractivity contribution in [3.8, 4) is 0 Å². The van der Waals surface area contributed by atoms with E-state index in [1.165, 1.54) is 29.7 Å². The van der Waals surface area contributed by atoms with E-state index in [9.17, 15) is 14.4 Å². The Morgan fingerprint density at radius 1 is 1.45 bits per heavy atom. The third kappa shape index (κ3) is 4.45. The molecular weight excluding hydrogens is 304 g/mol. The summed E-state index contributed by atoms with van der Waals surface area (Å²) in [5.74, 6) is -1.47. The highest BCUT2D eigenvalue weighted by molar-refractivity contribution is 7.13. The van der Waals surface area contributed by atoms with E-state index < -0.39 is 5.92 Å². The summed E-state index contributed by atoms with van der Waals surface area (Å²) in [6.45, 7) is 3.91. The quantitative estimate of drug-likeness (QED) is 0.754. The molecule has 1 atom stereocenters. The van der Waals surface area contributed by atoms with Gasteiger partial charge in [0.25, 0.3) is 5.91 Å². The number of carbonyl (C=O) groups is 3. The number of thiazole rings is 1. The molecule has 3 amide bonds. The van der Waals surface area contributed by atoms with Crippen LogP contribution in [0.15, 0.2) is 35.2 Å². The summed E-state index contributed by atoms with van der Waals surface area (Å²) in [6, 6.07) is 0. The van der Waals surface area contributed by atoms with E-state index in [1.54, 1.807) is 11.5 Å². The van der Waals surface area contributed by atoms with Gasteiger partial charge in [0, 0.05) is 24.2 Å². The summed E-state index contributed by atoms with van der Waals surface area (Å²) < 4.78 is 0. The van der Waals surface area contributed by atoms with Crippen molar-refractivity contribution in [3.63, 3.8) is 0 Å². The van der Waals surface area contributed by atoms with Gasteiger partial charge in [-0.3, -0.25) is 14.4 Å². The molecule has 2 heterocycles. The Morgan fingerprint density at radius 3 is 2.95 bits per heavy atom. The van der Waals surface area contributed by atoms with Gasteiger partial charge in [-0.2, -0.15) is 0 Å².